The van der Waals surface area contributed by atoms with Gasteiger partial charge < -0.3 is 15.2 Å². The van der Waals surface area contributed by atoms with Crippen molar-refractivity contribution >= 4 is 23.5 Å². The van der Waals surface area contributed by atoms with Gasteiger partial charge in [0, 0.05) is 0 Å². The van der Waals surface area contributed by atoms with Gasteiger partial charge in [-0.3, -0.25) is 19.3 Å². The van der Waals surface area contributed by atoms with Crippen molar-refractivity contribution < 1.29 is 24.2 Å². The number of carbonyl (C=O) groups is 3. The van der Waals surface area contributed by atoms with Gasteiger partial charge >= 0.3 is 5.97 Å². The Morgan fingerprint density at radius 2 is 2.08 bits per heavy atom. The van der Waals surface area contributed by atoms with Crippen LogP contribution in [0.4, 0.5) is 5.69 Å². The van der Waals surface area contributed by atoms with E-state index in [1.165, 1.54) is 4.90 Å². The molecule has 1 aliphatic heterocycles. The summed E-state index contributed by atoms with van der Waals surface area (Å²) in [5, 5.41) is 12.4. The molecule has 1 heterocycles. The van der Waals surface area contributed by atoms with Crippen molar-refractivity contribution in [1.29, 1.82) is 0 Å². The molecule has 1 fully saturated rings. The van der Waals surface area contributed by atoms with Crippen LogP contribution in [0.25, 0.3) is 0 Å². The highest BCUT2D eigenvalue weighted by Gasteiger charge is 2.43. The van der Waals surface area contributed by atoms with Crippen molar-refractivity contribution in [2.24, 2.45) is 5.92 Å². The van der Waals surface area contributed by atoms with Gasteiger partial charge in [-0.05, 0) is 38.8 Å². The van der Waals surface area contributed by atoms with Gasteiger partial charge in [0.25, 0.3) is 5.91 Å². The molecule has 0 spiro atoms. The lowest BCUT2D eigenvalue weighted by molar-refractivity contribution is -0.146. The summed E-state index contributed by atoms with van der Waals surface area (Å²) in [6, 6.07) is 7.07. The number of rotatable bonds is 4. The summed E-state index contributed by atoms with van der Waals surface area (Å²) in [5.74, 6) is -1.61. The second-order valence-electron chi connectivity index (χ2n) is 7.25. The minimum Gasteiger partial charge on any atom is -0.481 e. The van der Waals surface area contributed by atoms with Crippen LogP contribution in [-0.4, -0.2) is 41.1 Å². The molecular weight excluding hydrogens is 336 g/mol. The number of anilines is 1. The lowest BCUT2D eigenvalue weighted by Gasteiger charge is -2.40. The molecule has 3 atom stereocenters. The van der Waals surface area contributed by atoms with Crippen LogP contribution in [0.3, 0.4) is 0 Å². The van der Waals surface area contributed by atoms with Gasteiger partial charge in [0.15, 0.2) is 6.10 Å². The van der Waals surface area contributed by atoms with Crippen molar-refractivity contribution in [2.45, 2.75) is 51.2 Å². The average molecular weight is 360 g/mol. The molecule has 140 valence electrons. The van der Waals surface area contributed by atoms with Gasteiger partial charge in [0.05, 0.1) is 17.1 Å². The third kappa shape index (κ3) is 3.38. The fourth-order valence-electron chi connectivity index (χ4n) is 3.90. The second kappa shape index (κ2) is 6.97. The maximum Gasteiger partial charge on any atom is 0.308 e. The Morgan fingerprint density at radius 3 is 2.81 bits per heavy atom. The molecule has 0 bridgehead atoms. The van der Waals surface area contributed by atoms with Gasteiger partial charge in [-0.2, -0.15) is 0 Å². The fourth-order valence-corrected chi connectivity index (χ4v) is 3.90. The van der Waals surface area contributed by atoms with Crippen LogP contribution in [-0.2, 0) is 14.4 Å². The Labute approximate surface area is 152 Å². The molecule has 2 aliphatic rings. The summed E-state index contributed by atoms with van der Waals surface area (Å²) in [4.78, 5) is 38.1. The summed E-state index contributed by atoms with van der Waals surface area (Å²) in [7, 11) is 0. The van der Waals surface area contributed by atoms with E-state index in [-0.39, 0.29) is 18.4 Å². The van der Waals surface area contributed by atoms with E-state index < -0.39 is 23.5 Å². The number of benzene rings is 1. The molecule has 7 heteroatoms. The Balaban J connectivity index is 1.77. The smallest absolute Gasteiger partial charge is 0.308 e. The van der Waals surface area contributed by atoms with Gasteiger partial charge in [-0.15, -0.1) is 0 Å². The summed E-state index contributed by atoms with van der Waals surface area (Å²) >= 11 is 0. The summed E-state index contributed by atoms with van der Waals surface area (Å²) in [5.41, 5.74) is -0.254. The number of para-hydroxylation sites is 2. The third-order valence-corrected chi connectivity index (χ3v) is 5.31. The van der Waals surface area contributed by atoms with Crippen LogP contribution < -0.4 is 15.0 Å². The first kappa shape index (κ1) is 18.2. The van der Waals surface area contributed by atoms with Crippen molar-refractivity contribution in [2.75, 3.05) is 11.4 Å². The number of ether oxygens (including phenoxy) is 1. The maximum atomic E-state index is 12.7. The summed E-state index contributed by atoms with van der Waals surface area (Å²) < 4.78 is 5.57. The summed E-state index contributed by atoms with van der Waals surface area (Å²) in [6.45, 7) is 3.26. The largest absolute Gasteiger partial charge is 0.481 e. The first-order valence-corrected chi connectivity index (χ1v) is 8.93. The van der Waals surface area contributed by atoms with Gasteiger partial charge in [0.2, 0.25) is 5.91 Å². The number of hydrogen-bond donors (Lipinski definition) is 2. The van der Waals surface area contributed by atoms with E-state index in [2.05, 4.69) is 5.32 Å². The first-order valence-electron chi connectivity index (χ1n) is 8.93. The highest BCUT2D eigenvalue weighted by molar-refractivity contribution is 6.03. The quantitative estimate of drug-likeness (QED) is 0.856. The predicted octanol–water partition coefficient (Wildman–Crippen LogP) is 1.95. The Morgan fingerprint density at radius 1 is 1.35 bits per heavy atom. The third-order valence-electron chi connectivity index (χ3n) is 5.31. The molecule has 1 aromatic carbocycles. The first-order chi connectivity index (χ1) is 12.3. The average Bonchev–Trinajstić information content (AvgIpc) is 2.58. The van der Waals surface area contributed by atoms with Gasteiger partial charge in [-0.25, -0.2) is 0 Å². The topological polar surface area (TPSA) is 95.9 Å². The van der Waals surface area contributed by atoms with Crippen LogP contribution in [0.5, 0.6) is 5.75 Å². The van der Waals surface area contributed by atoms with E-state index in [1.54, 1.807) is 38.1 Å². The minimum absolute atomic E-state index is 0.161. The van der Waals surface area contributed by atoms with Gasteiger partial charge in [-0.1, -0.05) is 25.0 Å². The molecule has 2 amide bonds. The number of fused-ring (bicyclic) bond motifs is 1. The Bertz CT molecular complexity index is 734. The van der Waals surface area contributed by atoms with Crippen LogP contribution in [0.1, 0.15) is 39.5 Å². The maximum absolute atomic E-state index is 12.7. The van der Waals surface area contributed by atoms with E-state index in [4.69, 9.17) is 4.74 Å². The van der Waals surface area contributed by atoms with Gasteiger partial charge in [0.1, 0.15) is 12.3 Å². The SMILES string of the molecule is CC1Oc2ccccc2N(CC(=O)NC2(C)CCCCC2C(=O)O)C1=O. The van der Waals surface area contributed by atoms with E-state index in [0.717, 1.165) is 12.8 Å². The molecule has 3 unspecified atom stereocenters. The normalized spacial score (nSPS) is 28.1. The van der Waals surface area contributed by atoms with Crippen LogP contribution in [0, 0.1) is 5.92 Å². The lowest BCUT2D eigenvalue weighted by Crippen LogP contribution is -2.58. The van der Waals surface area contributed by atoms with Crippen molar-refractivity contribution in [3.63, 3.8) is 0 Å². The van der Waals surface area contributed by atoms with Crippen LogP contribution in [0.15, 0.2) is 24.3 Å². The minimum atomic E-state index is -0.895. The van der Waals surface area contributed by atoms with Crippen LogP contribution in [0.2, 0.25) is 0 Å². The van der Waals surface area contributed by atoms with Crippen molar-refractivity contribution in [3.05, 3.63) is 24.3 Å². The number of nitrogens with zero attached hydrogens (tertiary/aromatic N) is 1. The fraction of sp³-hybridized carbons (Fsp3) is 0.526. The molecule has 1 aromatic rings. The highest BCUT2D eigenvalue weighted by Crippen LogP contribution is 2.35. The monoisotopic (exact) mass is 360 g/mol. The molecule has 0 aromatic heterocycles. The zero-order chi connectivity index (χ0) is 18.9. The van der Waals surface area contributed by atoms with Crippen molar-refractivity contribution in [3.8, 4) is 5.75 Å². The van der Waals surface area contributed by atoms with E-state index >= 15 is 0 Å². The molecule has 0 saturated heterocycles. The number of carbonyl (C=O) groups excluding carboxylic acids is 2. The van der Waals surface area contributed by atoms with Crippen LogP contribution >= 0.6 is 0 Å². The zero-order valence-corrected chi connectivity index (χ0v) is 15.0. The standard InChI is InChI=1S/C19H24N2O5/c1-12-17(23)21(14-8-3-4-9-15(14)26-12)11-16(22)20-19(2)10-6-5-7-13(19)18(24)25/h3-4,8-9,12-13H,5-7,10-11H2,1-2H3,(H,20,22)(H,24,25). The van der Waals surface area contributed by atoms with E-state index in [9.17, 15) is 19.5 Å². The number of aliphatic carboxylic acids is 1. The zero-order valence-electron chi connectivity index (χ0n) is 15.0. The number of carboxylic acids is 1. The molecular formula is C19H24N2O5. The number of hydrogen-bond acceptors (Lipinski definition) is 4. The molecule has 2 N–H and O–H groups in total. The Kier molecular flexibility index (Phi) is 4.89. The second-order valence-corrected chi connectivity index (χ2v) is 7.25. The number of nitrogens with one attached hydrogen (secondary N) is 1. The van der Waals surface area contributed by atoms with E-state index in [0.29, 0.717) is 24.3 Å². The number of amides is 2. The lowest BCUT2D eigenvalue weighted by atomic mass is 9.74. The molecule has 1 aliphatic carbocycles. The molecule has 1 saturated carbocycles. The summed E-state index contributed by atoms with van der Waals surface area (Å²) in [6.07, 6.45) is 2.20. The molecule has 7 nitrogen and oxygen atoms in total. The molecule has 3 rings (SSSR count). The molecule has 26 heavy (non-hydrogen) atoms. The predicted molar refractivity (Wildman–Crippen MR) is 95.0 cm³/mol. The Hall–Kier alpha value is -2.57. The van der Waals surface area contributed by atoms with Crippen molar-refractivity contribution in [1.82, 2.24) is 5.32 Å². The molecule has 0 radical (unpaired) electrons. The number of carboxylic acid groups (broad SMARTS) is 1. The highest BCUT2D eigenvalue weighted by atomic mass is 16.5. The van der Waals surface area contributed by atoms with E-state index in [1.807, 2.05) is 0 Å².